The van der Waals surface area contributed by atoms with Crippen LogP contribution in [0.25, 0.3) is 0 Å². The van der Waals surface area contributed by atoms with Crippen molar-refractivity contribution >= 4 is 34.0 Å². The second kappa shape index (κ2) is 9.00. The Morgan fingerprint density at radius 1 is 0.900 bits per heavy atom. The van der Waals surface area contributed by atoms with Gasteiger partial charge in [-0.1, -0.05) is 18.2 Å². The minimum absolute atomic E-state index is 0.198. The van der Waals surface area contributed by atoms with Gasteiger partial charge in [0.25, 0.3) is 0 Å². The predicted molar refractivity (Wildman–Crippen MR) is 109 cm³/mol. The third-order valence-corrected chi connectivity index (χ3v) is 5.27. The second-order valence-electron chi connectivity index (χ2n) is 6.26. The van der Waals surface area contributed by atoms with E-state index in [0.29, 0.717) is 17.1 Å². The zero-order chi connectivity index (χ0) is 21.7. The number of alkyl halides is 3. The van der Waals surface area contributed by atoms with Crippen molar-refractivity contribution in [1.82, 2.24) is 0 Å². The van der Waals surface area contributed by atoms with Crippen LogP contribution >= 0.6 is 0 Å². The molecule has 0 amide bonds. The van der Waals surface area contributed by atoms with Crippen LogP contribution in [0.3, 0.4) is 0 Å². The van der Waals surface area contributed by atoms with Gasteiger partial charge in [-0.2, -0.15) is 13.2 Å². The molecule has 5 nitrogen and oxygen atoms in total. The summed E-state index contributed by atoms with van der Waals surface area (Å²) in [5.41, 5.74) is 0.982. The zero-order valence-electron chi connectivity index (χ0n) is 15.5. The number of carboxylic acids is 1. The van der Waals surface area contributed by atoms with E-state index in [4.69, 9.17) is 0 Å². The number of benzene rings is 3. The van der Waals surface area contributed by atoms with Crippen molar-refractivity contribution in [3.63, 3.8) is 0 Å². The Labute approximate surface area is 173 Å². The summed E-state index contributed by atoms with van der Waals surface area (Å²) in [4.78, 5) is 13.1. The van der Waals surface area contributed by atoms with Crippen molar-refractivity contribution < 1.29 is 27.3 Å². The van der Waals surface area contributed by atoms with Crippen LogP contribution in [0, 0.1) is 0 Å². The number of carboxylic acid groups (broad SMARTS) is 1. The van der Waals surface area contributed by atoms with Gasteiger partial charge in [0.1, 0.15) is 17.5 Å². The van der Waals surface area contributed by atoms with Crippen LogP contribution in [-0.4, -0.2) is 21.8 Å². The van der Waals surface area contributed by atoms with E-state index in [1.165, 1.54) is 0 Å². The number of halogens is 3. The standard InChI is InChI=1S/C21H17F3N2O3S/c22-21(23,24)15-6-12-19(13-7-15)30(29)25-16-8-10-18(11-9-16)26(14-20(27)28)17-4-2-1-3-5-17/h1-13,25H,14H2,(H,27,28). The lowest BCUT2D eigenvalue weighted by Crippen LogP contribution is -2.24. The number of hydrogen-bond acceptors (Lipinski definition) is 3. The molecule has 0 aliphatic carbocycles. The Balaban J connectivity index is 1.74. The lowest BCUT2D eigenvalue weighted by Gasteiger charge is -2.23. The summed E-state index contributed by atoms with van der Waals surface area (Å²) >= 11 is 0. The summed E-state index contributed by atoms with van der Waals surface area (Å²) in [5.74, 6) is -0.996. The highest BCUT2D eigenvalue weighted by molar-refractivity contribution is 7.86. The van der Waals surface area contributed by atoms with Gasteiger partial charge in [0.15, 0.2) is 0 Å². The fourth-order valence-corrected chi connectivity index (χ4v) is 3.57. The molecule has 156 valence electrons. The minimum Gasteiger partial charge on any atom is -0.480 e. The van der Waals surface area contributed by atoms with Crippen LogP contribution in [0.4, 0.5) is 30.2 Å². The maximum Gasteiger partial charge on any atom is 0.416 e. The minimum atomic E-state index is -4.45. The van der Waals surface area contributed by atoms with E-state index >= 15 is 0 Å². The number of para-hydroxylation sites is 1. The van der Waals surface area contributed by atoms with E-state index in [2.05, 4.69) is 4.72 Å². The first-order chi connectivity index (χ1) is 14.2. The molecule has 0 aliphatic rings. The highest BCUT2D eigenvalue weighted by Crippen LogP contribution is 2.30. The van der Waals surface area contributed by atoms with Gasteiger partial charge in [-0.05, 0) is 60.7 Å². The molecule has 0 saturated heterocycles. The molecule has 1 atom stereocenters. The molecule has 0 aliphatic heterocycles. The maximum absolute atomic E-state index is 12.6. The molecule has 30 heavy (non-hydrogen) atoms. The summed E-state index contributed by atoms with van der Waals surface area (Å²) in [6.45, 7) is -0.242. The topological polar surface area (TPSA) is 69.6 Å². The number of nitrogens with one attached hydrogen (secondary N) is 1. The van der Waals surface area contributed by atoms with Gasteiger partial charge in [-0.25, -0.2) is 4.21 Å². The molecule has 3 rings (SSSR count). The first-order valence-corrected chi connectivity index (χ1v) is 9.89. The molecule has 0 saturated carbocycles. The molecular weight excluding hydrogens is 417 g/mol. The Bertz CT molecular complexity index is 1020. The highest BCUT2D eigenvalue weighted by Gasteiger charge is 2.30. The van der Waals surface area contributed by atoms with Gasteiger partial charge in [-0.3, -0.25) is 4.79 Å². The van der Waals surface area contributed by atoms with Crippen LogP contribution in [-0.2, 0) is 22.0 Å². The van der Waals surface area contributed by atoms with Gasteiger partial charge >= 0.3 is 12.1 Å². The van der Waals surface area contributed by atoms with Gasteiger partial charge in [0.05, 0.1) is 10.5 Å². The molecule has 0 aromatic heterocycles. The van der Waals surface area contributed by atoms with Gasteiger partial charge in [0, 0.05) is 17.1 Å². The first-order valence-electron chi connectivity index (χ1n) is 8.74. The molecular formula is C21H17F3N2O3S. The second-order valence-corrected chi connectivity index (χ2v) is 7.47. The molecule has 3 aromatic rings. The fourth-order valence-electron chi connectivity index (χ4n) is 2.72. The monoisotopic (exact) mass is 434 g/mol. The van der Waals surface area contributed by atoms with Crippen LogP contribution < -0.4 is 9.62 Å². The van der Waals surface area contributed by atoms with E-state index in [1.54, 1.807) is 53.4 Å². The summed E-state index contributed by atoms with van der Waals surface area (Å²) in [6, 6.07) is 19.6. The number of rotatable bonds is 7. The van der Waals surface area contributed by atoms with E-state index in [9.17, 15) is 27.3 Å². The zero-order valence-corrected chi connectivity index (χ0v) is 16.3. The van der Waals surface area contributed by atoms with E-state index in [1.807, 2.05) is 6.07 Å². The molecule has 1 unspecified atom stereocenters. The van der Waals surface area contributed by atoms with Gasteiger partial charge in [0.2, 0.25) is 0 Å². The molecule has 0 radical (unpaired) electrons. The smallest absolute Gasteiger partial charge is 0.416 e. The summed E-state index contributed by atoms with van der Waals surface area (Å²) in [6.07, 6.45) is -4.45. The molecule has 3 aromatic carbocycles. The number of hydrogen-bond donors (Lipinski definition) is 2. The fraction of sp³-hybridized carbons (Fsp3) is 0.0952. The van der Waals surface area contributed by atoms with Gasteiger partial charge in [-0.15, -0.1) is 0 Å². The maximum atomic E-state index is 12.6. The summed E-state index contributed by atoms with van der Waals surface area (Å²) < 4.78 is 53.0. The first kappa shape index (κ1) is 21.4. The number of aliphatic carboxylic acids is 1. The van der Waals surface area contributed by atoms with E-state index in [0.717, 1.165) is 24.3 Å². The van der Waals surface area contributed by atoms with Crippen LogP contribution in [0.15, 0.2) is 83.8 Å². The summed E-state index contributed by atoms with van der Waals surface area (Å²) in [5, 5.41) is 9.21. The number of anilines is 3. The highest BCUT2D eigenvalue weighted by atomic mass is 32.2. The van der Waals surface area contributed by atoms with Crippen molar-refractivity contribution in [3.8, 4) is 0 Å². The number of nitrogens with zero attached hydrogens (tertiary/aromatic N) is 1. The van der Waals surface area contributed by atoms with E-state index in [-0.39, 0.29) is 11.4 Å². The van der Waals surface area contributed by atoms with Crippen LogP contribution in [0.2, 0.25) is 0 Å². The lowest BCUT2D eigenvalue weighted by molar-refractivity contribution is -0.137. The predicted octanol–water partition coefficient (Wildman–Crippen LogP) is 5.06. The van der Waals surface area contributed by atoms with Crippen LogP contribution in [0.1, 0.15) is 5.56 Å². The SMILES string of the molecule is O=C(O)CN(c1ccccc1)c1ccc(NS(=O)c2ccc(C(F)(F)F)cc2)cc1. The molecule has 0 spiro atoms. The quantitative estimate of drug-likeness (QED) is 0.545. The van der Waals surface area contributed by atoms with Crippen molar-refractivity contribution in [2.24, 2.45) is 0 Å². The van der Waals surface area contributed by atoms with Crippen molar-refractivity contribution in [2.45, 2.75) is 11.1 Å². The van der Waals surface area contributed by atoms with Crippen molar-refractivity contribution in [1.29, 1.82) is 0 Å². The Hall–Kier alpha value is -3.33. The third kappa shape index (κ3) is 5.38. The third-order valence-electron chi connectivity index (χ3n) is 4.15. The Morgan fingerprint density at radius 3 is 2.00 bits per heavy atom. The summed E-state index contributed by atoms with van der Waals surface area (Å²) in [7, 11) is -1.76. The number of carbonyl (C=O) groups is 1. The van der Waals surface area contributed by atoms with Crippen LogP contribution in [0.5, 0.6) is 0 Å². The van der Waals surface area contributed by atoms with Gasteiger partial charge < -0.3 is 14.7 Å². The lowest BCUT2D eigenvalue weighted by atomic mass is 10.2. The molecule has 0 bridgehead atoms. The Kier molecular flexibility index (Phi) is 6.41. The molecule has 9 heteroatoms. The molecule has 0 fully saturated rings. The largest absolute Gasteiger partial charge is 0.480 e. The van der Waals surface area contributed by atoms with Crippen molar-refractivity contribution in [2.75, 3.05) is 16.2 Å². The average molecular weight is 434 g/mol. The molecule has 0 heterocycles. The molecule has 2 N–H and O–H groups in total. The normalized spacial score (nSPS) is 12.2. The Morgan fingerprint density at radius 2 is 1.47 bits per heavy atom. The van der Waals surface area contributed by atoms with Crippen molar-refractivity contribution in [3.05, 3.63) is 84.4 Å². The average Bonchev–Trinajstić information content (AvgIpc) is 2.73. The van der Waals surface area contributed by atoms with E-state index < -0.39 is 28.7 Å².